The zero-order chi connectivity index (χ0) is 28.3. The van der Waals surface area contributed by atoms with Crippen LogP contribution in [0.2, 0.25) is 0 Å². The minimum atomic E-state index is -0.539. The van der Waals surface area contributed by atoms with Gasteiger partial charge in [-0.2, -0.15) is 0 Å². The van der Waals surface area contributed by atoms with Crippen LogP contribution in [0.4, 0.5) is 16.2 Å². The third-order valence-electron chi connectivity index (χ3n) is 6.54. The summed E-state index contributed by atoms with van der Waals surface area (Å²) in [5.41, 5.74) is 11.4. The lowest BCUT2D eigenvalue weighted by Crippen LogP contribution is -2.38. The van der Waals surface area contributed by atoms with Crippen molar-refractivity contribution in [3.8, 4) is 17.0 Å². The van der Waals surface area contributed by atoms with E-state index in [1.165, 1.54) is 0 Å². The van der Waals surface area contributed by atoms with Gasteiger partial charge in [0.2, 0.25) is 0 Å². The van der Waals surface area contributed by atoms with Crippen LogP contribution in [0.25, 0.3) is 22.2 Å². The molecule has 0 aliphatic heterocycles. The van der Waals surface area contributed by atoms with Crippen LogP contribution >= 0.6 is 0 Å². The number of likely N-dealkylation sites (N-methyl/N-ethyl adjacent to an activating group) is 2. The van der Waals surface area contributed by atoms with Gasteiger partial charge in [0.05, 0.1) is 24.2 Å². The molecule has 0 aliphatic rings. The Morgan fingerprint density at radius 1 is 1.10 bits per heavy atom. The van der Waals surface area contributed by atoms with Crippen molar-refractivity contribution >= 4 is 28.4 Å². The van der Waals surface area contributed by atoms with Crippen molar-refractivity contribution < 1.29 is 14.3 Å². The summed E-state index contributed by atoms with van der Waals surface area (Å²) in [5, 5.41) is 1.15. The number of rotatable bonds is 8. The Bertz CT molecular complexity index is 1470. The number of carbonyl (C=O) groups is 1. The molecular formula is C30H38N6O3. The first-order valence-corrected chi connectivity index (χ1v) is 12.9. The SMILES string of the molecule is COc1cc(N(C)CCN(C)C(=O)OC(C)(C)C)c(N)cc1Cc1nccc(-c2cn(C)c3ccccc23)n1. The first-order chi connectivity index (χ1) is 18.5. The Morgan fingerprint density at radius 3 is 2.56 bits per heavy atom. The van der Waals surface area contributed by atoms with E-state index in [-0.39, 0.29) is 6.09 Å². The molecule has 9 heteroatoms. The van der Waals surface area contributed by atoms with Gasteiger partial charge in [0.1, 0.15) is 17.2 Å². The maximum Gasteiger partial charge on any atom is 0.410 e. The molecule has 2 N–H and O–H groups in total. The number of ether oxygens (including phenoxy) is 2. The molecule has 0 atom stereocenters. The van der Waals surface area contributed by atoms with Gasteiger partial charge in [-0.25, -0.2) is 14.8 Å². The quantitative estimate of drug-likeness (QED) is 0.316. The topological polar surface area (TPSA) is 98.7 Å². The summed E-state index contributed by atoms with van der Waals surface area (Å²) in [6.07, 6.45) is 4.00. The minimum Gasteiger partial charge on any atom is -0.496 e. The molecular weight excluding hydrogens is 492 g/mol. The van der Waals surface area contributed by atoms with Gasteiger partial charge in [-0.3, -0.25) is 0 Å². The molecule has 0 fully saturated rings. The monoisotopic (exact) mass is 530 g/mol. The number of aryl methyl sites for hydroxylation is 1. The molecule has 0 spiro atoms. The number of aromatic nitrogens is 3. The van der Waals surface area contributed by atoms with Crippen molar-refractivity contribution in [1.29, 1.82) is 0 Å². The van der Waals surface area contributed by atoms with Gasteiger partial charge in [-0.05, 0) is 39.0 Å². The molecule has 0 saturated heterocycles. The van der Waals surface area contributed by atoms with E-state index in [1.54, 1.807) is 25.3 Å². The highest BCUT2D eigenvalue weighted by atomic mass is 16.6. The molecule has 0 saturated carbocycles. The lowest BCUT2D eigenvalue weighted by atomic mass is 10.1. The van der Waals surface area contributed by atoms with E-state index in [4.69, 9.17) is 20.2 Å². The summed E-state index contributed by atoms with van der Waals surface area (Å²) >= 11 is 0. The Kier molecular flexibility index (Phi) is 7.99. The predicted octanol–water partition coefficient (Wildman–Crippen LogP) is 5.12. The fourth-order valence-electron chi connectivity index (χ4n) is 4.49. The fourth-order valence-corrected chi connectivity index (χ4v) is 4.49. The molecule has 4 aromatic rings. The normalized spacial score (nSPS) is 11.5. The zero-order valence-electron chi connectivity index (χ0n) is 23.9. The highest BCUT2D eigenvalue weighted by Gasteiger charge is 2.20. The molecule has 2 heterocycles. The van der Waals surface area contributed by atoms with E-state index < -0.39 is 5.60 Å². The number of amides is 1. The first kappa shape index (κ1) is 27.8. The van der Waals surface area contributed by atoms with Gasteiger partial charge in [0.15, 0.2) is 0 Å². The van der Waals surface area contributed by atoms with Crippen LogP contribution < -0.4 is 15.4 Å². The molecule has 206 valence electrons. The van der Waals surface area contributed by atoms with E-state index >= 15 is 0 Å². The van der Waals surface area contributed by atoms with E-state index in [0.29, 0.717) is 36.8 Å². The number of hydrogen-bond acceptors (Lipinski definition) is 7. The number of nitrogens with two attached hydrogens (primary N) is 1. The molecule has 2 aromatic heterocycles. The largest absolute Gasteiger partial charge is 0.496 e. The number of hydrogen-bond donors (Lipinski definition) is 1. The van der Waals surface area contributed by atoms with Crippen LogP contribution in [0, 0.1) is 0 Å². The average Bonchev–Trinajstić information content (AvgIpc) is 3.23. The van der Waals surface area contributed by atoms with Crippen molar-refractivity contribution in [3.63, 3.8) is 0 Å². The molecule has 39 heavy (non-hydrogen) atoms. The first-order valence-electron chi connectivity index (χ1n) is 12.9. The van der Waals surface area contributed by atoms with Crippen LogP contribution in [0.1, 0.15) is 32.2 Å². The summed E-state index contributed by atoms with van der Waals surface area (Å²) in [7, 11) is 7.34. The highest BCUT2D eigenvalue weighted by Crippen LogP contribution is 2.33. The summed E-state index contributed by atoms with van der Waals surface area (Å²) in [5.74, 6) is 1.38. The molecule has 0 aliphatic carbocycles. The van der Waals surface area contributed by atoms with Crippen LogP contribution in [-0.2, 0) is 18.2 Å². The second-order valence-electron chi connectivity index (χ2n) is 10.8. The molecule has 0 unspecified atom stereocenters. The van der Waals surface area contributed by atoms with E-state index in [9.17, 15) is 4.79 Å². The summed E-state index contributed by atoms with van der Waals surface area (Å²) in [6, 6.07) is 14.1. The third-order valence-corrected chi connectivity index (χ3v) is 6.54. The van der Waals surface area contributed by atoms with Crippen molar-refractivity contribution in [2.75, 3.05) is 44.9 Å². The van der Waals surface area contributed by atoms with Crippen molar-refractivity contribution in [2.24, 2.45) is 7.05 Å². The van der Waals surface area contributed by atoms with Crippen molar-refractivity contribution in [3.05, 3.63) is 66.2 Å². The lowest BCUT2D eigenvalue weighted by molar-refractivity contribution is 0.0303. The van der Waals surface area contributed by atoms with Crippen molar-refractivity contribution in [2.45, 2.75) is 32.8 Å². The van der Waals surface area contributed by atoms with Crippen molar-refractivity contribution in [1.82, 2.24) is 19.4 Å². The van der Waals surface area contributed by atoms with Crippen LogP contribution in [-0.4, -0.2) is 65.4 Å². The van der Waals surface area contributed by atoms with Crippen LogP contribution in [0.3, 0.4) is 0 Å². The molecule has 2 aromatic carbocycles. The summed E-state index contributed by atoms with van der Waals surface area (Å²) < 4.78 is 13.3. The third kappa shape index (κ3) is 6.42. The van der Waals surface area contributed by atoms with Gasteiger partial charge in [-0.1, -0.05) is 18.2 Å². The van der Waals surface area contributed by atoms with Gasteiger partial charge >= 0.3 is 6.09 Å². The summed E-state index contributed by atoms with van der Waals surface area (Å²) in [4.78, 5) is 25.3. The van der Waals surface area contributed by atoms with Gasteiger partial charge in [0, 0.05) is 81.1 Å². The van der Waals surface area contributed by atoms with E-state index in [1.807, 2.05) is 70.1 Å². The second kappa shape index (κ2) is 11.2. The van der Waals surface area contributed by atoms with Crippen LogP contribution in [0.15, 0.2) is 54.9 Å². The zero-order valence-corrected chi connectivity index (χ0v) is 23.9. The van der Waals surface area contributed by atoms with Gasteiger partial charge < -0.3 is 29.6 Å². The standard InChI is InChI=1S/C30H38N6O3/c1-30(2,3)39-29(37)35(5)15-14-34(4)26-18-27(38-7)20(16-23(26)31)17-28-32-13-12-24(33-28)22-19-36(6)25-11-9-8-10-21(22)25/h8-13,16,18-19H,14-15,17,31H2,1-7H3. The van der Waals surface area contributed by atoms with E-state index in [0.717, 1.165) is 33.4 Å². The Hall–Kier alpha value is -4.27. The maximum absolute atomic E-state index is 12.3. The number of nitrogen functional groups attached to an aromatic ring is 1. The number of benzene rings is 2. The molecule has 4 rings (SSSR count). The predicted molar refractivity (Wildman–Crippen MR) is 156 cm³/mol. The van der Waals surface area contributed by atoms with Gasteiger partial charge in [0.25, 0.3) is 0 Å². The maximum atomic E-state index is 12.3. The molecule has 0 bridgehead atoms. The molecule has 9 nitrogen and oxygen atoms in total. The second-order valence-corrected chi connectivity index (χ2v) is 10.8. The Balaban J connectivity index is 1.52. The number of nitrogens with zero attached hydrogens (tertiary/aromatic N) is 5. The number of methoxy groups -OCH3 is 1. The summed E-state index contributed by atoms with van der Waals surface area (Å²) in [6.45, 7) is 6.60. The smallest absolute Gasteiger partial charge is 0.410 e. The number of para-hydroxylation sites is 1. The van der Waals surface area contributed by atoms with E-state index in [2.05, 4.69) is 27.9 Å². The Labute approximate surface area is 230 Å². The number of carbonyl (C=O) groups excluding carboxylic acids is 1. The Morgan fingerprint density at radius 2 is 1.85 bits per heavy atom. The molecule has 1 amide bonds. The average molecular weight is 531 g/mol. The fraction of sp³-hybridized carbons (Fsp3) is 0.367. The number of anilines is 2. The highest BCUT2D eigenvalue weighted by molar-refractivity contribution is 5.95. The van der Waals surface area contributed by atoms with Crippen LogP contribution in [0.5, 0.6) is 5.75 Å². The number of fused-ring (bicyclic) bond motifs is 1. The minimum absolute atomic E-state index is 0.359. The lowest BCUT2D eigenvalue weighted by Gasteiger charge is -2.28. The van der Waals surface area contributed by atoms with Gasteiger partial charge in [-0.15, -0.1) is 0 Å². The molecule has 0 radical (unpaired) electrons.